The highest BCUT2D eigenvalue weighted by molar-refractivity contribution is 7.10. The van der Waals surface area contributed by atoms with Crippen LogP contribution in [0.4, 0.5) is 0 Å². The molecule has 102 valence electrons. The van der Waals surface area contributed by atoms with Crippen LogP contribution in [0.15, 0.2) is 42.0 Å². The largest absolute Gasteiger partial charge is 0.371 e. The average molecular weight is 276 g/mol. The third-order valence-electron chi connectivity index (χ3n) is 2.96. The lowest BCUT2D eigenvalue weighted by Crippen LogP contribution is -2.26. The van der Waals surface area contributed by atoms with Gasteiger partial charge in [-0.05, 0) is 48.9 Å². The SMILES string of the molecule is CC(N)C(OCCCc1ccncc1)c1cccs1. The number of thiophene rings is 1. The number of rotatable bonds is 7. The van der Waals surface area contributed by atoms with Crippen LogP contribution >= 0.6 is 11.3 Å². The van der Waals surface area contributed by atoms with Gasteiger partial charge < -0.3 is 10.5 Å². The fraction of sp³-hybridized carbons (Fsp3) is 0.400. The third-order valence-corrected chi connectivity index (χ3v) is 3.89. The molecule has 0 bridgehead atoms. The van der Waals surface area contributed by atoms with Gasteiger partial charge in [0.15, 0.2) is 0 Å². The molecule has 0 saturated carbocycles. The maximum atomic E-state index is 5.99. The van der Waals surface area contributed by atoms with Gasteiger partial charge in [0.25, 0.3) is 0 Å². The number of nitrogens with zero attached hydrogens (tertiary/aromatic N) is 1. The zero-order valence-electron chi connectivity index (χ0n) is 11.2. The Labute approximate surface area is 118 Å². The lowest BCUT2D eigenvalue weighted by atomic mass is 10.1. The lowest BCUT2D eigenvalue weighted by Gasteiger charge is -2.20. The van der Waals surface area contributed by atoms with Gasteiger partial charge in [0.05, 0.1) is 0 Å². The van der Waals surface area contributed by atoms with Crippen LogP contribution in [0.3, 0.4) is 0 Å². The standard InChI is InChI=1S/C15H20N2OS/c1-12(16)15(14-5-3-11-19-14)18-10-2-4-13-6-8-17-9-7-13/h3,5-9,11-12,15H,2,4,10,16H2,1H3. The summed E-state index contributed by atoms with van der Waals surface area (Å²) in [5.74, 6) is 0. The van der Waals surface area contributed by atoms with Crippen molar-refractivity contribution in [1.29, 1.82) is 0 Å². The van der Waals surface area contributed by atoms with E-state index in [1.165, 1.54) is 10.4 Å². The van der Waals surface area contributed by atoms with Gasteiger partial charge >= 0.3 is 0 Å². The molecular formula is C15H20N2OS. The molecule has 4 heteroatoms. The first-order valence-electron chi connectivity index (χ1n) is 6.57. The van der Waals surface area contributed by atoms with E-state index in [0.717, 1.165) is 19.4 Å². The molecule has 2 atom stereocenters. The Morgan fingerprint density at radius 3 is 2.74 bits per heavy atom. The topological polar surface area (TPSA) is 48.1 Å². The highest BCUT2D eigenvalue weighted by Gasteiger charge is 2.17. The Balaban J connectivity index is 1.77. The molecule has 2 unspecified atom stereocenters. The summed E-state index contributed by atoms with van der Waals surface area (Å²) in [7, 11) is 0. The minimum Gasteiger partial charge on any atom is -0.371 e. The Morgan fingerprint density at radius 2 is 2.11 bits per heavy atom. The van der Waals surface area contributed by atoms with E-state index < -0.39 is 0 Å². The van der Waals surface area contributed by atoms with E-state index in [9.17, 15) is 0 Å². The first-order chi connectivity index (χ1) is 9.27. The molecule has 2 N–H and O–H groups in total. The Morgan fingerprint density at radius 1 is 1.32 bits per heavy atom. The maximum Gasteiger partial charge on any atom is 0.106 e. The van der Waals surface area contributed by atoms with Crippen LogP contribution in [0.5, 0.6) is 0 Å². The molecule has 0 aliphatic rings. The fourth-order valence-corrected chi connectivity index (χ4v) is 2.87. The summed E-state index contributed by atoms with van der Waals surface area (Å²) in [4.78, 5) is 5.22. The quantitative estimate of drug-likeness (QED) is 0.790. The van der Waals surface area contributed by atoms with E-state index in [2.05, 4.69) is 16.4 Å². The van der Waals surface area contributed by atoms with Gasteiger partial charge in [0, 0.05) is 29.9 Å². The number of hydrogen-bond acceptors (Lipinski definition) is 4. The van der Waals surface area contributed by atoms with Crippen molar-refractivity contribution in [2.75, 3.05) is 6.61 Å². The van der Waals surface area contributed by atoms with Crippen molar-refractivity contribution in [2.24, 2.45) is 5.73 Å². The zero-order chi connectivity index (χ0) is 13.5. The van der Waals surface area contributed by atoms with Crippen molar-refractivity contribution in [1.82, 2.24) is 4.98 Å². The highest BCUT2D eigenvalue weighted by Crippen LogP contribution is 2.25. The van der Waals surface area contributed by atoms with Crippen molar-refractivity contribution < 1.29 is 4.74 Å². The van der Waals surface area contributed by atoms with Crippen LogP contribution in [0, 0.1) is 0 Å². The first-order valence-corrected chi connectivity index (χ1v) is 7.45. The molecule has 0 radical (unpaired) electrons. The molecule has 2 heterocycles. The Kier molecular flexibility index (Phi) is 5.51. The van der Waals surface area contributed by atoms with Crippen LogP contribution < -0.4 is 5.73 Å². The summed E-state index contributed by atoms with van der Waals surface area (Å²) in [5.41, 5.74) is 7.29. The molecule has 2 aromatic heterocycles. The monoisotopic (exact) mass is 276 g/mol. The number of hydrogen-bond donors (Lipinski definition) is 1. The molecule has 0 saturated heterocycles. The maximum absolute atomic E-state index is 5.99. The Hall–Kier alpha value is -1.23. The van der Waals surface area contributed by atoms with E-state index in [0.29, 0.717) is 0 Å². The van der Waals surface area contributed by atoms with Crippen molar-refractivity contribution >= 4 is 11.3 Å². The minimum absolute atomic E-state index is 0.0115. The van der Waals surface area contributed by atoms with Crippen molar-refractivity contribution in [3.05, 3.63) is 52.5 Å². The number of pyridine rings is 1. The van der Waals surface area contributed by atoms with Gasteiger partial charge in [0.2, 0.25) is 0 Å². The highest BCUT2D eigenvalue weighted by atomic mass is 32.1. The van der Waals surface area contributed by atoms with Gasteiger partial charge in [-0.25, -0.2) is 0 Å². The normalized spacial score (nSPS) is 14.2. The minimum atomic E-state index is 0.0115. The predicted molar refractivity (Wildman–Crippen MR) is 79.2 cm³/mol. The van der Waals surface area contributed by atoms with Crippen LogP contribution in [0.1, 0.15) is 29.9 Å². The molecule has 0 aliphatic carbocycles. The van der Waals surface area contributed by atoms with E-state index in [-0.39, 0.29) is 12.1 Å². The number of aromatic nitrogens is 1. The van der Waals surface area contributed by atoms with Crippen molar-refractivity contribution in [3.8, 4) is 0 Å². The van der Waals surface area contributed by atoms with E-state index >= 15 is 0 Å². The molecule has 19 heavy (non-hydrogen) atoms. The molecule has 2 aromatic rings. The van der Waals surface area contributed by atoms with Crippen molar-refractivity contribution in [2.45, 2.75) is 31.9 Å². The van der Waals surface area contributed by atoms with Gasteiger partial charge in [-0.15, -0.1) is 11.3 Å². The van der Waals surface area contributed by atoms with Crippen molar-refractivity contribution in [3.63, 3.8) is 0 Å². The molecule has 0 spiro atoms. The van der Waals surface area contributed by atoms with Crippen LogP contribution in [-0.2, 0) is 11.2 Å². The molecule has 0 aromatic carbocycles. The Bertz CT molecular complexity index is 456. The number of aryl methyl sites for hydroxylation is 1. The molecule has 0 amide bonds. The summed E-state index contributed by atoms with van der Waals surface area (Å²) < 4.78 is 5.94. The molecule has 0 aliphatic heterocycles. The molecule has 2 rings (SSSR count). The summed E-state index contributed by atoms with van der Waals surface area (Å²) in [6.45, 7) is 2.72. The predicted octanol–water partition coefficient (Wildman–Crippen LogP) is 3.18. The van der Waals surface area contributed by atoms with Crippen LogP contribution in [-0.4, -0.2) is 17.6 Å². The second-order valence-electron chi connectivity index (χ2n) is 4.62. The average Bonchev–Trinajstić information content (AvgIpc) is 2.93. The number of ether oxygens (including phenoxy) is 1. The fourth-order valence-electron chi connectivity index (χ4n) is 1.98. The van der Waals surface area contributed by atoms with E-state index in [1.807, 2.05) is 37.5 Å². The van der Waals surface area contributed by atoms with Gasteiger partial charge in [0.1, 0.15) is 6.10 Å². The van der Waals surface area contributed by atoms with Crippen LogP contribution in [0.2, 0.25) is 0 Å². The van der Waals surface area contributed by atoms with Gasteiger partial charge in [-0.1, -0.05) is 6.07 Å². The van der Waals surface area contributed by atoms with Gasteiger partial charge in [-0.3, -0.25) is 4.98 Å². The smallest absolute Gasteiger partial charge is 0.106 e. The summed E-state index contributed by atoms with van der Waals surface area (Å²) in [5, 5.41) is 2.06. The van der Waals surface area contributed by atoms with E-state index in [1.54, 1.807) is 11.3 Å². The summed E-state index contributed by atoms with van der Waals surface area (Å²) in [6.07, 6.45) is 5.67. The number of nitrogens with two attached hydrogens (primary N) is 1. The van der Waals surface area contributed by atoms with Crippen LogP contribution in [0.25, 0.3) is 0 Å². The molecule has 0 fully saturated rings. The lowest BCUT2D eigenvalue weighted by molar-refractivity contribution is 0.0394. The molecular weight excluding hydrogens is 256 g/mol. The zero-order valence-corrected chi connectivity index (χ0v) is 12.0. The summed E-state index contributed by atoms with van der Waals surface area (Å²) >= 11 is 1.70. The third kappa shape index (κ3) is 4.42. The van der Waals surface area contributed by atoms with Gasteiger partial charge in [-0.2, -0.15) is 0 Å². The first kappa shape index (κ1) is 14.2. The van der Waals surface area contributed by atoms with E-state index in [4.69, 9.17) is 10.5 Å². The molecule has 3 nitrogen and oxygen atoms in total. The second-order valence-corrected chi connectivity index (χ2v) is 5.60. The second kappa shape index (κ2) is 7.38. The summed E-state index contributed by atoms with van der Waals surface area (Å²) in [6, 6.07) is 8.22.